The Morgan fingerprint density at radius 3 is 2.44 bits per heavy atom. The van der Waals surface area contributed by atoms with Gasteiger partial charge in [-0.15, -0.1) is 0 Å². The number of carbonyl (C=O) groups is 3. The number of benzene rings is 1. The third-order valence-electron chi connectivity index (χ3n) is 5.02. The van der Waals surface area contributed by atoms with Crippen molar-refractivity contribution >= 4 is 17.7 Å². The van der Waals surface area contributed by atoms with E-state index in [4.69, 9.17) is 0 Å². The summed E-state index contributed by atoms with van der Waals surface area (Å²) in [5.41, 5.74) is 0.986. The quantitative estimate of drug-likeness (QED) is 0.816. The maximum absolute atomic E-state index is 12.7. The molecule has 0 N–H and O–H groups in total. The van der Waals surface area contributed by atoms with E-state index in [1.807, 2.05) is 35.2 Å². The third kappa shape index (κ3) is 4.00. The molecule has 0 aliphatic carbocycles. The van der Waals surface area contributed by atoms with Crippen LogP contribution in [0.25, 0.3) is 0 Å². The second-order valence-electron chi connectivity index (χ2n) is 6.86. The van der Waals surface area contributed by atoms with Crippen LogP contribution in [0.4, 0.5) is 0 Å². The zero-order valence-electron chi connectivity index (χ0n) is 14.7. The first-order chi connectivity index (χ1) is 12.1. The number of piperazine rings is 1. The van der Waals surface area contributed by atoms with Gasteiger partial charge in [0, 0.05) is 26.6 Å². The number of carbonyl (C=O) groups excluding carboxylic acids is 3. The fourth-order valence-corrected chi connectivity index (χ4v) is 3.56. The molecule has 1 atom stereocenters. The maximum Gasteiger partial charge on any atom is 0.245 e. The van der Waals surface area contributed by atoms with Crippen LogP contribution < -0.4 is 0 Å². The van der Waals surface area contributed by atoms with Gasteiger partial charge in [0.15, 0.2) is 0 Å². The average Bonchev–Trinajstić information content (AvgIpc) is 2.64. The maximum atomic E-state index is 12.7. The Balaban J connectivity index is 1.76. The van der Waals surface area contributed by atoms with Gasteiger partial charge >= 0.3 is 0 Å². The Morgan fingerprint density at radius 1 is 1.08 bits per heavy atom. The Bertz CT molecular complexity index is 641. The van der Waals surface area contributed by atoms with Gasteiger partial charge in [-0.05, 0) is 24.8 Å². The summed E-state index contributed by atoms with van der Waals surface area (Å²) < 4.78 is 0. The minimum absolute atomic E-state index is 0.00405. The van der Waals surface area contributed by atoms with Crippen LogP contribution in [0.1, 0.15) is 24.8 Å². The predicted octanol–water partition coefficient (Wildman–Crippen LogP) is 0.911. The van der Waals surface area contributed by atoms with E-state index >= 15 is 0 Å². The molecule has 6 nitrogen and oxygen atoms in total. The molecule has 2 aliphatic heterocycles. The molecule has 0 unspecified atom stereocenters. The predicted molar refractivity (Wildman–Crippen MR) is 93.7 cm³/mol. The van der Waals surface area contributed by atoms with Gasteiger partial charge in [0.1, 0.15) is 12.6 Å². The van der Waals surface area contributed by atoms with Gasteiger partial charge in [0.05, 0.1) is 6.54 Å². The molecule has 2 saturated heterocycles. The standard InChI is InChI=1S/C19H25N3O3/c1-20-13-18(24)22(14-17(23)21-10-6-3-7-11-21)16(19(20)25)12-15-8-4-2-5-9-15/h2,4-5,8-9,16H,3,6-7,10-14H2,1H3/t16-/m0/s1. The lowest BCUT2D eigenvalue weighted by atomic mass is 10.0. The van der Waals surface area contributed by atoms with Crippen molar-refractivity contribution in [2.24, 2.45) is 0 Å². The summed E-state index contributed by atoms with van der Waals surface area (Å²) in [5.74, 6) is -0.313. The molecule has 0 radical (unpaired) electrons. The smallest absolute Gasteiger partial charge is 0.245 e. The van der Waals surface area contributed by atoms with E-state index < -0.39 is 6.04 Å². The van der Waals surface area contributed by atoms with Crippen LogP contribution in [0, 0.1) is 0 Å². The minimum Gasteiger partial charge on any atom is -0.341 e. The number of likely N-dealkylation sites (tertiary alicyclic amines) is 1. The van der Waals surface area contributed by atoms with Crippen molar-refractivity contribution in [1.29, 1.82) is 0 Å². The van der Waals surface area contributed by atoms with E-state index in [0.29, 0.717) is 6.42 Å². The van der Waals surface area contributed by atoms with Crippen LogP contribution in [-0.2, 0) is 20.8 Å². The van der Waals surface area contributed by atoms with E-state index in [1.165, 1.54) is 9.80 Å². The van der Waals surface area contributed by atoms with Crippen LogP contribution in [0.2, 0.25) is 0 Å². The molecule has 2 aliphatic rings. The molecule has 2 heterocycles. The lowest BCUT2D eigenvalue weighted by molar-refractivity contribution is -0.157. The van der Waals surface area contributed by atoms with Gasteiger partial charge in [-0.25, -0.2) is 0 Å². The first-order valence-electron chi connectivity index (χ1n) is 8.92. The molecule has 6 heteroatoms. The molecule has 134 valence electrons. The lowest BCUT2D eigenvalue weighted by Crippen LogP contribution is -2.61. The van der Waals surface area contributed by atoms with Crippen molar-refractivity contribution in [1.82, 2.24) is 14.7 Å². The Hall–Kier alpha value is -2.37. The SMILES string of the molecule is CN1CC(=O)N(CC(=O)N2CCCCC2)[C@@H](Cc2ccccc2)C1=O. The second kappa shape index (κ2) is 7.68. The van der Waals surface area contributed by atoms with E-state index in [1.54, 1.807) is 7.05 Å². The highest BCUT2D eigenvalue weighted by atomic mass is 16.2. The zero-order chi connectivity index (χ0) is 17.8. The Kier molecular flexibility index (Phi) is 5.36. The molecule has 1 aromatic carbocycles. The monoisotopic (exact) mass is 343 g/mol. The molecular formula is C19H25N3O3. The Labute approximate surface area is 148 Å². The van der Waals surface area contributed by atoms with Crippen molar-refractivity contribution < 1.29 is 14.4 Å². The van der Waals surface area contributed by atoms with Crippen LogP contribution >= 0.6 is 0 Å². The highest BCUT2D eigenvalue weighted by Gasteiger charge is 2.39. The molecule has 0 spiro atoms. The molecule has 1 aromatic rings. The number of amides is 3. The number of hydrogen-bond acceptors (Lipinski definition) is 3. The minimum atomic E-state index is -0.609. The summed E-state index contributed by atoms with van der Waals surface area (Å²) in [6, 6.07) is 9.02. The summed E-state index contributed by atoms with van der Waals surface area (Å²) in [5, 5.41) is 0. The lowest BCUT2D eigenvalue weighted by Gasteiger charge is -2.39. The molecule has 2 fully saturated rings. The first-order valence-corrected chi connectivity index (χ1v) is 8.92. The van der Waals surface area contributed by atoms with E-state index in [9.17, 15) is 14.4 Å². The fraction of sp³-hybridized carbons (Fsp3) is 0.526. The van der Waals surface area contributed by atoms with Gasteiger partial charge < -0.3 is 14.7 Å². The van der Waals surface area contributed by atoms with Crippen molar-refractivity contribution in [2.45, 2.75) is 31.7 Å². The van der Waals surface area contributed by atoms with E-state index in [-0.39, 0.29) is 30.8 Å². The number of piperidine rings is 1. The van der Waals surface area contributed by atoms with Crippen LogP contribution in [0.5, 0.6) is 0 Å². The average molecular weight is 343 g/mol. The van der Waals surface area contributed by atoms with Gasteiger partial charge in [-0.1, -0.05) is 30.3 Å². The van der Waals surface area contributed by atoms with Gasteiger partial charge in [-0.3, -0.25) is 14.4 Å². The summed E-state index contributed by atoms with van der Waals surface area (Å²) in [6.07, 6.45) is 3.60. The third-order valence-corrected chi connectivity index (χ3v) is 5.02. The normalized spacial score (nSPS) is 21.6. The number of nitrogens with zero attached hydrogens (tertiary/aromatic N) is 3. The summed E-state index contributed by atoms with van der Waals surface area (Å²) in [7, 11) is 1.64. The van der Waals surface area contributed by atoms with Crippen molar-refractivity contribution in [2.75, 3.05) is 33.2 Å². The van der Waals surface area contributed by atoms with Crippen molar-refractivity contribution in [3.05, 3.63) is 35.9 Å². The number of rotatable bonds is 4. The molecule has 0 bridgehead atoms. The number of likely N-dealkylation sites (N-methyl/N-ethyl adjacent to an activating group) is 1. The van der Waals surface area contributed by atoms with E-state index in [2.05, 4.69) is 0 Å². The second-order valence-corrected chi connectivity index (χ2v) is 6.86. The molecule has 3 rings (SSSR count). The molecule has 3 amide bonds. The molecule has 25 heavy (non-hydrogen) atoms. The van der Waals surface area contributed by atoms with Crippen LogP contribution in [0.15, 0.2) is 30.3 Å². The summed E-state index contributed by atoms with van der Waals surface area (Å²) >= 11 is 0. The molecule has 0 aromatic heterocycles. The topological polar surface area (TPSA) is 60.9 Å². The van der Waals surface area contributed by atoms with E-state index in [0.717, 1.165) is 37.9 Å². The molecular weight excluding hydrogens is 318 g/mol. The van der Waals surface area contributed by atoms with Gasteiger partial charge in [0.2, 0.25) is 17.7 Å². The molecule has 0 saturated carbocycles. The van der Waals surface area contributed by atoms with Crippen LogP contribution in [-0.4, -0.2) is 71.7 Å². The highest BCUT2D eigenvalue weighted by Crippen LogP contribution is 2.18. The zero-order valence-corrected chi connectivity index (χ0v) is 14.7. The summed E-state index contributed by atoms with van der Waals surface area (Å²) in [4.78, 5) is 42.5. The van der Waals surface area contributed by atoms with Gasteiger partial charge in [-0.2, -0.15) is 0 Å². The van der Waals surface area contributed by atoms with Crippen LogP contribution in [0.3, 0.4) is 0 Å². The Morgan fingerprint density at radius 2 is 1.76 bits per heavy atom. The largest absolute Gasteiger partial charge is 0.341 e. The van der Waals surface area contributed by atoms with Crippen molar-refractivity contribution in [3.8, 4) is 0 Å². The van der Waals surface area contributed by atoms with Crippen molar-refractivity contribution in [3.63, 3.8) is 0 Å². The highest BCUT2D eigenvalue weighted by molar-refractivity contribution is 5.97. The number of hydrogen-bond donors (Lipinski definition) is 0. The fourth-order valence-electron chi connectivity index (χ4n) is 3.56. The van der Waals surface area contributed by atoms with Gasteiger partial charge in [0.25, 0.3) is 0 Å². The first kappa shape index (κ1) is 17.5. The summed E-state index contributed by atoms with van der Waals surface area (Å²) in [6.45, 7) is 1.53.